The predicted octanol–water partition coefficient (Wildman–Crippen LogP) is 4.19. The van der Waals surface area contributed by atoms with E-state index in [1.165, 1.54) is 10.4 Å². The van der Waals surface area contributed by atoms with Gasteiger partial charge in [-0.2, -0.15) is 0 Å². The molecule has 0 aliphatic rings. The largest absolute Gasteiger partial charge is 0.486 e. The van der Waals surface area contributed by atoms with Crippen molar-refractivity contribution in [3.8, 4) is 15.5 Å². The predicted molar refractivity (Wildman–Crippen MR) is 64.0 cm³/mol. The third-order valence-corrected chi connectivity index (χ3v) is 3.90. The van der Waals surface area contributed by atoms with E-state index in [-0.39, 0.29) is 0 Å². The first-order chi connectivity index (χ1) is 6.81. The summed E-state index contributed by atoms with van der Waals surface area (Å²) in [5.41, 5.74) is 1.22. The van der Waals surface area contributed by atoms with E-state index in [0.717, 1.165) is 9.54 Å². The van der Waals surface area contributed by atoms with Gasteiger partial charge in [-0.15, -0.1) is 0 Å². The molecule has 0 aliphatic heterocycles. The van der Waals surface area contributed by atoms with Crippen LogP contribution >= 0.6 is 27.3 Å². The van der Waals surface area contributed by atoms with E-state index >= 15 is 0 Å². The summed E-state index contributed by atoms with van der Waals surface area (Å²) in [6.45, 7) is 0. The second kappa shape index (κ2) is 4.15. The Balaban J connectivity index is 2.43. The fraction of sp³-hybridized carbons (Fsp3) is 0.0909. The SMILES string of the molecule is COc1sc(-c2ccccc2)cc1Br. The van der Waals surface area contributed by atoms with Crippen LogP contribution < -0.4 is 4.74 Å². The van der Waals surface area contributed by atoms with Crippen LogP contribution in [0.5, 0.6) is 5.06 Å². The zero-order valence-corrected chi connectivity index (χ0v) is 10.1. The zero-order valence-electron chi connectivity index (χ0n) is 7.66. The molecule has 1 aromatic carbocycles. The van der Waals surface area contributed by atoms with Gasteiger partial charge < -0.3 is 4.74 Å². The minimum Gasteiger partial charge on any atom is -0.486 e. The molecule has 0 radical (unpaired) electrons. The Kier molecular flexibility index (Phi) is 2.89. The molecule has 2 aromatic rings. The highest BCUT2D eigenvalue weighted by molar-refractivity contribution is 9.10. The monoisotopic (exact) mass is 268 g/mol. The van der Waals surface area contributed by atoms with Crippen LogP contribution in [0.15, 0.2) is 40.9 Å². The second-order valence-corrected chi connectivity index (χ2v) is 4.69. The Morgan fingerprint density at radius 2 is 1.93 bits per heavy atom. The number of hydrogen-bond acceptors (Lipinski definition) is 2. The number of benzene rings is 1. The van der Waals surface area contributed by atoms with Gasteiger partial charge in [0.25, 0.3) is 0 Å². The van der Waals surface area contributed by atoms with Crippen LogP contribution in [-0.4, -0.2) is 7.11 Å². The highest BCUT2D eigenvalue weighted by atomic mass is 79.9. The molecule has 0 saturated carbocycles. The molecule has 2 rings (SSSR count). The zero-order chi connectivity index (χ0) is 9.97. The lowest BCUT2D eigenvalue weighted by atomic mass is 10.2. The summed E-state index contributed by atoms with van der Waals surface area (Å²) in [4.78, 5) is 1.22. The Bertz CT molecular complexity index is 422. The standard InChI is InChI=1S/C11H9BrOS/c1-13-11-9(12)7-10(14-11)8-5-3-2-4-6-8/h2-7H,1H3. The van der Waals surface area contributed by atoms with Crippen molar-refractivity contribution in [2.24, 2.45) is 0 Å². The molecule has 3 heteroatoms. The summed E-state index contributed by atoms with van der Waals surface area (Å²) in [7, 11) is 1.69. The smallest absolute Gasteiger partial charge is 0.188 e. The van der Waals surface area contributed by atoms with E-state index in [1.807, 2.05) is 18.2 Å². The topological polar surface area (TPSA) is 9.23 Å². The highest BCUT2D eigenvalue weighted by Crippen LogP contribution is 2.39. The van der Waals surface area contributed by atoms with E-state index in [4.69, 9.17) is 4.74 Å². The molecule has 0 aliphatic carbocycles. The van der Waals surface area contributed by atoms with E-state index in [9.17, 15) is 0 Å². The molecule has 0 bridgehead atoms. The summed E-state index contributed by atoms with van der Waals surface area (Å²) in [6.07, 6.45) is 0. The molecule has 0 saturated heterocycles. The summed E-state index contributed by atoms with van der Waals surface area (Å²) in [6, 6.07) is 12.4. The van der Waals surface area contributed by atoms with Gasteiger partial charge in [0.05, 0.1) is 11.6 Å². The third-order valence-electron chi connectivity index (χ3n) is 1.90. The van der Waals surface area contributed by atoms with Gasteiger partial charge in [0.2, 0.25) is 0 Å². The van der Waals surface area contributed by atoms with Crippen molar-refractivity contribution in [3.63, 3.8) is 0 Å². The summed E-state index contributed by atoms with van der Waals surface area (Å²) in [5, 5.41) is 0.920. The maximum atomic E-state index is 5.22. The molecule has 0 spiro atoms. The van der Waals surface area contributed by atoms with Crippen molar-refractivity contribution < 1.29 is 4.74 Å². The number of hydrogen-bond donors (Lipinski definition) is 0. The van der Waals surface area contributed by atoms with Crippen LogP contribution in [0.2, 0.25) is 0 Å². The fourth-order valence-electron chi connectivity index (χ4n) is 1.24. The Morgan fingerprint density at radius 1 is 1.21 bits per heavy atom. The van der Waals surface area contributed by atoms with Gasteiger partial charge in [0.15, 0.2) is 5.06 Å². The molecule has 0 atom stereocenters. The molecular weight excluding hydrogens is 260 g/mol. The molecule has 1 heterocycles. The maximum Gasteiger partial charge on any atom is 0.188 e. The van der Waals surface area contributed by atoms with E-state index in [2.05, 4.69) is 34.1 Å². The van der Waals surface area contributed by atoms with Crippen molar-refractivity contribution in [2.45, 2.75) is 0 Å². The fourth-order valence-corrected chi connectivity index (χ4v) is 2.89. The van der Waals surface area contributed by atoms with Crippen molar-refractivity contribution in [1.82, 2.24) is 0 Å². The van der Waals surface area contributed by atoms with Gasteiger partial charge in [-0.3, -0.25) is 0 Å². The summed E-state index contributed by atoms with van der Waals surface area (Å²) < 4.78 is 6.24. The Morgan fingerprint density at radius 3 is 2.50 bits per heavy atom. The average Bonchev–Trinajstić information content (AvgIpc) is 2.61. The first kappa shape index (κ1) is 9.74. The molecule has 1 nitrogen and oxygen atoms in total. The molecule has 0 N–H and O–H groups in total. The van der Waals surface area contributed by atoms with Gasteiger partial charge in [-0.05, 0) is 27.6 Å². The number of halogens is 1. The van der Waals surface area contributed by atoms with Crippen LogP contribution in [0.1, 0.15) is 0 Å². The van der Waals surface area contributed by atoms with Gasteiger partial charge in [-0.1, -0.05) is 41.7 Å². The minimum atomic E-state index is 0.920. The Labute approximate surface area is 95.5 Å². The van der Waals surface area contributed by atoms with Crippen molar-refractivity contribution >= 4 is 27.3 Å². The number of ether oxygens (including phenoxy) is 1. The van der Waals surface area contributed by atoms with Gasteiger partial charge in [-0.25, -0.2) is 0 Å². The van der Waals surface area contributed by atoms with Crippen LogP contribution in [-0.2, 0) is 0 Å². The van der Waals surface area contributed by atoms with Gasteiger partial charge >= 0.3 is 0 Å². The summed E-state index contributed by atoms with van der Waals surface area (Å²) in [5.74, 6) is 0. The molecule has 1 aromatic heterocycles. The summed E-state index contributed by atoms with van der Waals surface area (Å²) >= 11 is 5.10. The third kappa shape index (κ3) is 1.83. The molecule has 0 unspecified atom stereocenters. The number of methoxy groups -OCH3 is 1. The average molecular weight is 269 g/mol. The molecule has 0 amide bonds. The highest BCUT2D eigenvalue weighted by Gasteiger charge is 2.07. The first-order valence-corrected chi connectivity index (χ1v) is 5.81. The number of thiophene rings is 1. The van der Waals surface area contributed by atoms with Crippen LogP contribution in [0.3, 0.4) is 0 Å². The second-order valence-electron chi connectivity index (χ2n) is 2.82. The lowest BCUT2D eigenvalue weighted by Crippen LogP contribution is -1.75. The maximum absolute atomic E-state index is 5.22. The normalized spacial score (nSPS) is 10.1. The Hall–Kier alpha value is -0.800. The van der Waals surface area contributed by atoms with Crippen LogP contribution in [0.25, 0.3) is 10.4 Å². The van der Waals surface area contributed by atoms with E-state index in [1.54, 1.807) is 18.4 Å². The lowest BCUT2D eigenvalue weighted by Gasteiger charge is -1.94. The molecular formula is C11H9BrOS. The lowest BCUT2D eigenvalue weighted by molar-refractivity contribution is 0.425. The first-order valence-electron chi connectivity index (χ1n) is 4.20. The van der Waals surface area contributed by atoms with Gasteiger partial charge in [0.1, 0.15) is 0 Å². The van der Waals surface area contributed by atoms with E-state index in [0.29, 0.717) is 0 Å². The van der Waals surface area contributed by atoms with Crippen molar-refractivity contribution in [3.05, 3.63) is 40.9 Å². The minimum absolute atomic E-state index is 0.920. The van der Waals surface area contributed by atoms with E-state index < -0.39 is 0 Å². The van der Waals surface area contributed by atoms with Crippen molar-refractivity contribution in [2.75, 3.05) is 7.11 Å². The molecule has 0 fully saturated rings. The number of rotatable bonds is 2. The quantitative estimate of drug-likeness (QED) is 0.794. The van der Waals surface area contributed by atoms with Crippen LogP contribution in [0.4, 0.5) is 0 Å². The van der Waals surface area contributed by atoms with Crippen LogP contribution in [0, 0.1) is 0 Å². The van der Waals surface area contributed by atoms with Crippen molar-refractivity contribution in [1.29, 1.82) is 0 Å². The molecule has 72 valence electrons. The van der Waals surface area contributed by atoms with Gasteiger partial charge in [0, 0.05) is 4.88 Å². The molecule has 14 heavy (non-hydrogen) atoms.